The van der Waals surface area contributed by atoms with E-state index in [0.29, 0.717) is 13.2 Å². The first-order valence-corrected chi connectivity index (χ1v) is 10.0. The molecular weight excluding hydrogens is 352 g/mol. The van der Waals surface area contributed by atoms with Gasteiger partial charge in [-0.2, -0.15) is 0 Å². The molecule has 2 aliphatic rings. The normalized spacial score (nSPS) is 18.6. The zero-order valence-electron chi connectivity index (χ0n) is 17.1. The molecule has 0 amide bonds. The molecule has 0 saturated carbocycles. The van der Waals surface area contributed by atoms with Crippen LogP contribution in [0.4, 0.5) is 0 Å². The summed E-state index contributed by atoms with van der Waals surface area (Å²) in [5, 5.41) is 10.9. The summed E-state index contributed by atoms with van der Waals surface area (Å²) in [6.45, 7) is 6.49. The van der Waals surface area contributed by atoms with Crippen LogP contribution in [0.1, 0.15) is 29.2 Å². The minimum Gasteiger partial charge on any atom is -0.493 e. The lowest BCUT2D eigenvalue weighted by molar-refractivity contribution is 0.0299. The van der Waals surface area contributed by atoms with Crippen LogP contribution < -0.4 is 9.47 Å². The number of ether oxygens (including phenoxy) is 2. The van der Waals surface area contributed by atoms with Crippen LogP contribution in [-0.4, -0.2) is 55.3 Å². The Morgan fingerprint density at radius 3 is 2.61 bits per heavy atom. The molecule has 150 valence electrons. The molecule has 1 atom stereocenters. The Hall–Kier alpha value is -2.08. The fraction of sp³-hybridized carbons (Fsp3) is 0.478. The molecule has 28 heavy (non-hydrogen) atoms. The van der Waals surface area contributed by atoms with Crippen LogP contribution >= 0.6 is 0 Å². The molecule has 2 aromatic carbocycles. The second-order valence-electron chi connectivity index (χ2n) is 8.43. The van der Waals surface area contributed by atoms with Crippen LogP contribution in [0.5, 0.6) is 11.5 Å². The summed E-state index contributed by atoms with van der Waals surface area (Å²) in [5.41, 5.74) is 3.79. The summed E-state index contributed by atoms with van der Waals surface area (Å²) in [5.74, 6) is 1.95. The van der Waals surface area contributed by atoms with Gasteiger partial charge in [-0.1, -0.05) is 18.2 Å². The van der Waals surface area contributed by atoms with Gasteiger partial charge in [0.15, 0.2) is 0 Å². The molecule has 0 fully saturated rings. The third-order valence-electron chi connectivity index (χ3n) is 5.53. The molecule has 0 aliphatic carbocycles. The number of hydrogen-bond acceptors (Lipinski definition) is 5. The van der Waals surface area contributed by atoms with Crippen molar-refractivity contribution in [1.29, 1.82) is 0 Å². The maximum atomic E-state index is 10.9. The maximum absolute atomic E-state index is 10.9. The minimum absolute atomic E-state index is 0.577. The average molecular weight is 383 g/mol. The molecule has 2 heterocycles. The van der Waals surface area contributed by atoms with Crippen molar-refractivity contribution in [2.45, 2.75) is 32.0 Å². The predicted molar refractivity (Wildman–Crippen MR) is 110 cm³/mol. The van der Waals surface area contributed by atoms with Crippen molar-refractivity contribution in [2.24, 2.45) is 0 Å². The van der Waals surface area contributed by atoms with Gasteiger partial charge in [0.05, 0.1) is 12.2 Å². The van der Waals surface area contributed by atoms with Gasteiger partial charge >= 0.3 is 0 Å². The van der Waals surface area contributed by atoms with Crippen molar-refractivity contribution in [2.75, 3.05) is 40.4 Å². The van der Waals surface area contributed by atoms with Crippen molar-refractivity contribution in [3.05, 3.63) is 58.7 Å². The fourth-order valence-electron chi connectivity index (χ4n) is 4.22. The fourth-order valence-corrected chi connectivity index (χ4v) is 4.22. The van der Waals surface area contributed by atoms with Gasteiger partial charge in [-0.3, -0.25) is 4.90 Å². The summed E-state index contributed by atoms with van der Waals surface area (Å²) in [7, 11) is 3.95. The van der Waals surface area contributed by atoms with Crippen molar-refractivity contribution in [1.82, 2.24) is 9.80 Å². The summed E-state index contributed by atoms with van der Waals surface area (Å²) in [4.78, 5) is 4.42. The molecule has 5 heteroatoms. The van der Waals surface area contributed by atoms with E-state index in [9.17, 15) is 5.11 Å². The molecule has 2 aromatic rings. The number of rotatable bonds is 5. The maximum Gasteiger partial charge on any atom is 0.123 e. The van der Waals surface area contributed by atoms with Gasteiger partial charge in [-0.15, -0.1) is 0 Å². The van der Waals surface area contributed by atoms with Crippen molar-refractivity contribution >= 4 is 0 Å². The average Bonchev–Trinajstić information content (AvgIpc) is 2.99. The molecule has 1 N–H and O–H groups in total. The SMILES string of the molecule is CN(C)CC(C)(O)c1ccc2c(c1)CN(Cc1ccc3c(c1)CCO3)CCO2. The molecule has 2 aliphatic heterocycles. The van der Waals surface area contributed by atoms with Crippen LogP contribution in [0.3, 0.4) is 0 Å². The van der Waals surface area contributed by atoms with Crippen LogP contribution in [0.15, 0.2) is 36.4 Å². The number of fused-ring (bicyclic) bond motifs is 2. The van der Waals surface area contributed by atoms with Crippen LogP contribution in [0.25, 0.3) is 0 Å². The third-order valence-corrected chi connectivity index (χ3v) is 5.53. The standard InChI is InChI=1S/C23H30N2O3/c1-23(26,16-24(2)3)20-5-7-22-19(13-20)15-25(9-11-28-22)14-17-4-6-21-18(12-17)8-10-27-21/h4-7,12-13,26H,8-11,14-16H2,1-3H3. The lowest BCUT2D eigenvalue weighted by Crippen LogP contribution is -2.34. The van der Waals surface area contributed by atoms with Crippen LogP contribution in [0.2, 0.25) is 0 Å². The molecule has 0 spiro atoms. The molecule has 0 aromatic heterocycles. The zero-order valence-corrected chi connectivity index (χ0v) is 17.1. The summed E-state index contributed by atoms with van der Waals surface area (Å²) in [6, 6.07) is 12.6. The van der Waals surface area contributed by atoms with Crippen LogP contribution in [0, 0.1) is 0 Å². The second-order valence-corrected chi connectivity index (χ2v) is 8.43. The van der Waals surface area contributed by atoms with Gasteiger partial charge < -0.3 is 19.5 Å². The van der Waals surface area contributed by atoms with Gasteiger partial charge in [0.2, 0.25) is 0 Å². The molecule has 5 nitrogen and oxygen atoms in total. The van der Waals surface area contributed by atoms with Gasteiger partial charge in [0.25, 0.3) is 0 Å². The topological polar surface area (TPSA) is 45.2 Å². The highest BCUT2D eigenvalue weighted by Gasteiger charge is 2.26. The highest BCUT2D eigenvalue weighted by Crippen LogP contribution is 2.31. The van der Waals surface area contributed by atoms with Crippen LogP contribution in [-0.2, 0) is 25.1 Å². The van der Waals surface area contributed by atoms with E-state index in [1.165, 1.54) is 11.1 Å². The Morgan fingerprint density at radius 1 is 1.04 bits per heavy atom. The lowest BCUT2D eigenvalue weighted by atomic mass is 9.93. The Kier molecular flexibility index (Phi) is 5.32. The van der Waals surface area contributed by atoms with E-state index in [4.69, 9.17) is 9.47 Å². The minimum atomic E-state index is -0.893. The van der Waals surface area contributed by atoms with Crippen molar-refractivity contribution in [3.63, 3.8) is 0 Å². The van der Waals surface area contributed by atoms with E-state index in [-0.39, 0.29) is 0 Å². The number of aliphatic hydroxyl groups is 1. The first-order valence-electron chi connectivity index (χ1n) is 10.0. The molecular formula is C23H30N2O3. The first kappa shape index (κ1) is 19.2. The predicted octanol–water partition coefficient (Wildman–Crippen LogP) is 2.79. The van der Waals surface area contributed by atoms with Crippen molar-refractivity contribution in [3.8, 4) is 11.5 Å². The van der Waals surface area contributed by atoms with Gasteiger partial charge in [0, 0.05) is 38.2 Å². The van der Waals surface area contributed by atoms with Gasteiger partial charge in [-0.05, 0) is 55.9 Å². The van der Waals surface area contributed by atoms with E-state index >= 15 is 0 Å². The highest BCUT2D eigenvalue weighted by molar-refractivity contribution is 5.41. The highest BCUT2D eigenvalue weighted by atomic mass is 16.5. The van der Waals surface area contributed by atoms with E-state index < -0.39 is 5.60 Å². The lowest BCUT2D eigenvalue weighted by Gasteiger charge is -2.28. The quantitative estimate of drug-likeness (QED) is 0.862. The second kappa shape index (κ2) is 7.74. The van der Waals surface area contributed by atoms with Gasteiger partial charge in [-0.25, -0.2) is 0 Å². The molecule has 0 radical (unpaired) electrons. The zero-order chi connectivity index (χ0) is 19.7. The number of nitrogens with zero attached hydrogens (tertiary/aromatic N) is 2. The monoisotopic (exact) mass is 382 g/mol. The number of benzene rings is 2. The van der Waals surface area contributed by atoms with E-state index in [0.717, 1.165) is 55.3 Å². The van der Waals surface area contributed by atoms with Gasteiger partial charge in [0.1, 0.15) is 18.1 Å². The molecule has 0 bridgehead atoms. The Labute approximate surface area is 167 Å². The number of hydrogen-bond donors (Lipinski definition) is 1. The van der Waals surface area contributed by atoms with E-state index in [1.54, 1.807) is 0 Å². The molecule has 0 saturated heterocycles. The summed E-state index contributed by atoms with van der Waals surface area (Å²) < 4.78 is 11.6. The van der Waals surface area contributed by atoms with Crippen molar-refractivity contribution < 1.29 is 14.6 Å². The third kappa shape index (κ3) is 4.17. The largest absolute Gasteiger partial charge is 0.493 e. The Morgan fingerprint density at radius 2 is 1.79 bits per heavy atom. The Bertz CT molecular complexity index is 848. The van der Waals surface area contributed by atoms with E-state index in [1.807, 2.05) is 38.1 Å². The Balaban J connectivity index is 1.53. The smallest absolute Gasteiger partial charge is 0.123 e. The molecule has 1 unspecified atom stereocenters. The van der Waals surface area contributed by atoms with E-state index in [2.05, 4.69) is 29.2 Å². The summed E-state index contributed by atoms with van der Waals surface area (Å²) >= 11 is 0. The molecule has 4 rings (SSSR count). The first-order chi connectivity index (χ1) is 13.4. The number of likely N-dealkylation sites (N-methyl/N-ethyl adjacent to an activating group) is 1. The summed E-state index contributed by atoms with van der Waals surface area (Å²) in [6.07, 6.45) is 0.999.